The first-order valence-corrected chi connectivity index (χ1v) is 8.13. The van der Waals surface area contributed by atoms with Gasteiger partial charge in [0.2, 0.25) is 5.91 Å². The monoisotopic (exact) mass is 299 g/mol. The minimum absolute atomic E-state index is 0.136. The van der Waals surface area contributed by atoms with E-state index in [2.05, 4.69) is 5.32 Å². The molecule has 2 unspecified atom stereocenters. The Kier molecular flexibility index (Phi) is 7.15. The van der Waals surface area contributed by atoms with Crippen LogP contribution in [0, 0.1) is 0 Å². The Morgan fingerprint density at radius 3 is 2.38 bits per heavy atom. The number of carbonyl (C=O) groups is 2. The molecule has 5 nitrogen and oxygen atoms in total. The van der Waals surface area contributed by atoms with Gasteiger partial charge >= 0.3 is 5.97 Å². The van der Waals surface area contributed by atoms with E-state index in [0.29, 0.717) is 19.3 Å². The van der Waals surface area contributed by atoms with E-state index in [1.54, 1.807) is 6.92 Å². The van der Waals surface area contributed by atoms with Gasteiger partial charge in [-0.2, -0.15) is 0 Å². The molecule has 1 amide bonds. The van der Waals surface area contributed by atoms with E-state index in [4.69, 9.17) is 4.74 Å². The molecule has 1 aliphatic carbocycles. The minimum Gasteiger partial charge on any atom is -0.480 e. The van der Waals surface area contributed by atoms with Crippen molar-refractivity contribution in [3.05, 3.63) is 0 Å². The first kappa shape index (κ1) is 18.0. The van der Waals surface area contributed by atoms with Gasteiger partial charge in [-0.05, 0) is 32.6 Å². The van der Waals surface area contributed by atoms with E-state index in [0.717, 1.165) is 25.7 Å². The molecule has 1 rings (SSSR count). The van der Waals surface area contributed by atoms with Gasteiger partial charge in [0, 0.05) is 0 Å². The van der Waals surface area contributed by atoms with Crippen molar-refractivity contribution in [3.8, 4) is 0 Å². The molecule has 0 bridgehead atoms. The molecule has 21 heavy (non-hydrogen) atoms. The zero-order chi connectivity index (χ0) is 15.9. The Balaban J connectivity index is 2.62. The largest absolute Gasteiger partial charge is 0.480 e. The van der Waals surface area contributed by atoms with Gasteiger partial charge in [0.25, 0.3) is 0 Å². The molecule has 1 fully saturated rings. The SMILES string of the molecule is CCCC(C)(NC(=O)C(CC)OC1CCCCC1)C(=O)O. The average Bonchev–Trinajstić information content (AvgIpc) is 2.45. The van der Waals surface area contributed by atoms with Crippen LogP contribution >= 0.6 is 0 Å². The quantitative estimate of drug-likeness (QED) is 0.722. The standard InChI is InChI=1S/C16H29NO4/c1-4-11-16(3,15(19)20)17-14(18)13(5-2)21-12-9-7-6-8-10-12/h12-13H,4-11H2,1-3H3,(H,17,18)(H,19,20). The Morgan fingerprint density at radius 1 is 1.29 bits per heavy atom. The van der Waals surface area contributed by atoms with Crippen molar-refractivity contribution in [2.24, 2.45) is 0 Å². The highest BCUT2D eigenvalue weighted by atomic mass is 16.5. The van der Waals surface area contributed by atoms with E-state index in [-0.39, 0.29) is 12.0 Å². The molecule has 0 saturated heterocycles. The van der Waals surface area contributed by atoms with E-state index >= 15 is 0 Å². The summed E-state index contributed by atoms with van der Waals surface area (Å²) in [6.07, 6.45) is 6.76. The normalized spacial score (nSPS) is 20.5. The third kappa shape index (κ3) is 5.30. The Labute approximate surface area is 127 Å². The highest BCUT2D eigenvalue weighted by Crippen LogP contribution is 2.22. The Bertz CT molecular complexity index is 352. The summed E-state index contributed by atoms with van der Waals surface area (Å²) in [5.41, 5.74) is -1.21. The lowest BCUT2D eigenvalue weighted by Crippen LogP contribution is -2.55. The zero-order valence-corrected chi connectivity index (χ0v) is 13.5. The summed E-state index contributed by atoms with van der Waals surface area (Å²) in [4.78, 5) is 23.7. The second-order valence-electron chi connectivity index (χ2n) is 6.17. The molecule has 2 N–H and O–H groups in total. The molecular formula is C16H29NO4. The first-order valence-electron chi connectivity index (χ1n) is 8.13. The van der Waals surface area contributed by atoms with Gasteiger partial charge < -0.3 is 15.2 Å². The third-order valence-electron chi connectivity index (χ3n) is 4.19. The molecule has 1 saturated carbocycles. The van der Waals surface area contributed by atoms with Crippen molar-refractivity contribution >= 4 is 11.9 Å². The highest BCUT2D eigenvalue weighted by Gasteiger charge is 2.36. The average molecular weight is 299 g/mol. The van der Waals surface area contributed by atoms with Crippen LogP contribution in [0.2, 0.25) is 0 Å². The smallest absolute Gasteiger partial charge is 0.329 e. The molecule has 5 heteroatoms. The Hall–Kier alpha value is -1.10. The van der Waals surface area contributed by atoms with Gasteiger partial charge in [0.15, 0.2) is 0 Å². The van der Waals surface area contributed by atoms with E-state index in [1.807, 2.05) is 13.8 Å². The van der Waals surface area contributed by atoms with Gasteiger partial charge in [-0.25, -0.2) is 4.79 Å². The van der Waals surface area contributed by atoms with Gasteiger partial charge in [-0.1, -0.05) is 39.5 Å². The number of carbonyl (C=O) groups excluding carboxylic acids is 1. The van der Waals surface area contributed by atoms with Crippen LogP contribution in [0.3, 0.4) is 0 Å². The highest BCUT2D eigenvalue weighted by molar-refractivity contribution is 5.88. The van der Waals surface area contributed by atoms with Crippen LogP contribution < -0.4 is 5.32 Å². The fourth-order valence-corrected chi connectivity index (χ4v) is 2.85. The molecule has 0 aromatic carbocycles. The maximum absolute atomic E-state index is 12.3. The van der Waals surface area contributed by atoms with E-state index < -0.39 is 17.6 Å². The van der Waals surface area contributed by atoms with Gasteiger partial charge in [-0.3, -0.25) is 4.79 Å². The number of aliphatic carboxylic acids is 1. The summed E-state index contributed by atoms with van der Waals surface area (Å²) >= 11 is 0. The number of carboxylic acids is 1. The van der Waals surface area contributed by atoms with Crippen LogP contribution in [0.25, 0.3) is 0 Å². The lowest BCUT2D eigenvalue weighted by atomic mass is 9.95. The predicted molar refractivity (Wildman–Crippen MR) is 81.1 cm³/mol. The van der Waals surface area contributed by atoms with Crippen molar-refractivity contribution in [3.63, 3.8) is 0 Å². The molecular weight excluding hydrogens is 270 g/mol. The molecule has 2 atom stereocenters. The summed E-state index contributed by atoms with van der Waals surface area (Å²) < 4.78 is 5.90. The number of carboxylic acid groups (broad SMARTS) is 1. The molecule has 0 aliphatic heterocycles. The molecule has 0 radical (unpaired) electrons. The number of nitrogens with one attached hydrogen (secondary N) is 1. The second kappa shape index (κ2) is 8.37. The summed E-state index contributed by atoms with van der Waals surface area (Å²) in [6.45, 7) is 5.36. The molecule has 0 heterocycles. The van der Waals surface area contributed by atoms with E-state index in [1.165, 1.54) is 6.42 Å². The van der Waals surface area contributed by atoms with Crippen LogP contribution in [0.4, 0.5) is 0 Å². The molecule has 0 aromatic heterocycles. The van der Waals surface area contributed by atoms with E-state index in [9.17, 15) is 14.7 Å². The van der Waals surface area contributed by atoms with Crippen LogP contribution in [0.5, 0.6) is 0 Å². The lowest BCUT2D eigenvalue weighted by Gasteiger charge is -2.30. The second-order valence-corrected chi connectivity index (χ2v) is 6.17. The molecule has 1 aliphatic rings. The number of hydrogen-bond donors (Lipinski definition) is 2. The number of hydrogen-bond acceptors (Lipinski definition) is 3. The fraction of sp³-hybridized carbons (Fsp3) is 0.875. The van der Waals surface area contributed by atoms with Gasteiger partial charge in [0.1, 0.15) is 11.6 Å². The van der Waals surface area contributed by atoms with Crippen molar-refractivity contribution < 1.29 is 19.4 Å². The summed E-state index contributed by atoms with van der Waals surface area (Å²) in [7, 11) is 0. The summed E-state index contributed by atoms with van der Waals surface area (Å²) in [5, 5.41) is 12.0. The number of ether oxygens (including phenoxy) is 1. The zero-order valence-electron chi connectivity index (χ0n) is 13.5. The lowest BCUT2D eigenvalue weighted by molar-refractivity contribution is -0.151. The van der Waals surface area contributed by atoms with Gasteiger partial charge in [0.05, 0.1) is 6.10 Å². The van der Waals surface area contributed by atoms with Crippen molar-refractivity contribution in [2.45, 2.75) is 89.9 Å². The maximum atomic E-state index is 12.3. The van der Waals surface area contributed by atoms with Crippen LogP contribution in [0.1, 0.15) is 72.1 Å². The van der Waals surface area contributed by atoms with Gasteiger partial charge in [-0.15, -0.1) is 0 Å². The van der Waals surface area contributed by atoms with Crippen molar-refractivity contribution in [2.75, 3.05) is 0 Å². The van der Waals surface area contributed by atoms with Crippen LogP contribution in [-0.4, -0.2) is 34.7 Å². The maximum Gasteiger partial charge on any atom is 0.329 e. The van der Waals surface area contributed by atoms with Crippen LogP contribution in [-0.2, 0) is 14.3 Å². The van der Waals surface area contributed by atoms with Crippen molar-refractivity contribution in [1.82, 2.24) is 5.32 Å². The Morgan fingerprint density at radius 2 is 1.90 bits per heavy atom. The topological polar surface area (TPSA) is 75.6 Å². The van der Waals surface area contributed by atoms with Crippen molar-refractivity contribution in [1.29, 1.82) is 0 Å². The minimum atomic E-state index is -1.21. The molecule has 122 valence electrons. The third-order valence-corrected chi connectivity index (χ3v) is 4.19. The molecule has 0 aromatic rings. The van der Waals surface area contributed by atoms with Crippen LogP contribution in [0.15, 0.2) is 0 Å². The summed E-state index contributed by atoms with van der Waals surface area (Å²) in [6, 6.07) is 0. The number of rotatable bonds is 8. The fourth-order valence-electron chi connectivity index (χ4n) is 2.85. The molecule has 0 spiro atoms. The number of amides is 1. The predicted octanol–water partition coefficient (Wildman–Crippen LogP) is 2.87. The first-order chi connectivity index (χ1) is 9.92. The summed E-state index contributed by atoms with van der Waals surface area (Å²) in [5.74, 6) is -1.30.